The molecule has 2 atom stereocenters. The van der Waals surface area contributed by atoms with Gasteiger partial charge in [-0.25, -0.2) is 0 Å². The van der Waals surface area contributed by atoms with Crippen molar-refractivity contribution in [3.63, 3.8) is 0 Å². The Balaban J connectivity index is 2.45. The van der Waals surface area contributed by atoms with Gasteiger partial charge in [0.25, 0.3) is 0 Å². The van der Waals surface area contributed by atoms with E-state index < -0.39 is 0 Å². The Hall–Kier alpha value is -0.610. The molecular formula is C8H17N3O. The van der Waals surface area contributed by atoms with Crippen LogP contribution < -0.4 is 11.1 Å². The van der Waals surface area contributed by atoms with E-state index in [4.69, 9.17) is 5.73 Å². The van der Waals surface area contributed by atoms with Gasteiger partial charge in [0.15, 0.2) is 0 Å². The third-order valence-electron chi connectivity index (χ3n) is 2.36. The van der Waals surface area contributed by atoms with Crippen molar-refractivity contribution in [2.45, 2.75) is 25.9 Å². The van der Waals surface area contributed by atoms with Gasteiger partial charge >= 0.3 is 0 Å². The molecule has 1 unspecified atom stereocenters. The number of amides is 1. The Bertz CT molecular complexity index is 172. The summed E-state index contributed by atoms with van der Waals surface area (Å²) >= 11 is 0. The van der Waals surface area contributed by atoms with Gasteiger partial charge in [0.2, 0.25) is 5.91 Å². The molecule has 0 spiro atoms. The maximum atomic E-state index is 10.9. The van der Waals surface area contributed by atoms with Crippen molar-refractivity contribution in [2.75, 3.05) is 19.6 Å². The van der Waals surface area contributed by atoms with Gasteiger partial charge in [0, 0.05) is 25.7 Å². The molecule has 1 heterocycles. The van der Waals surface area contributed by atoms with E-state index >= 15 is 0 Å². The number of nitrogens with zero attached hydrogens (tertiary/aromatic N) is 1. The van der Waals surface area contributed by atoms with E-state index in [0.717, 1.165) is 19.6 Å². The van der Waals surface area contributed by atoms with E-state index in [-0.39, 0.29) is 11.9 Å². The van der Waals surface area contributed by atoms with Crippen LogP contribution >= 0.6 is 0 Å². The van der Waals surface area contributed by atoms with E-state index in [2.05, 4.69) is 17.1 Å². The lowest BCUT2D eigenvalue weighted by Gasteiger charge is -2.34. The molecule has 1 aliphatic rings. The molecule has 1 aliphatic heterocycles. The van der Waals surface area contributed by atoms with E-state index in [0.29, 0.717) is 6.04 Å². The number of rotatable bonds is 2. The SMILES string of the molecule is CC(C(N)=O)N1CCN[C@@H](C)C1. The second-order valence-electron chi connectivity index (χ2n) is 3.43. The average Bonchev–Trinajstić information content (AvgIpc) is 2.03. The summed E-state index contributed by atoms with van der Waals surface area (Å²) in [6, 6.07) is 0.329. The van der Waals surface area contributed by atoms with Crippen molar-refractivity contribution < 1.29 is 4.79 Å². The summed E-state index contributed by atoms with van der Waals surface area (Å²) in [6.45, 7) is 6.73. The Morgan fingerprint density at radius 1 is 1.75 bits per heavy atom. The number of nitrogens with one attached hydrogen (secondary N) is 1. The predicted octanol–water partition coefficient (Wildman–Crippen LogP) is -0.846. The van der Waals surface area contributed by atoms with Crippen molar-refractivity contribution in [1.29, 1.82) is 0 Å². The first-order valence-electron chi connectivity index (χ1n) is 4.38. The van der Waals surface area contributed by atoms with Gasteiger partial charge in [-0.1, -0.05) is 0 Å². The molecule has 0 aliphatic carbocycles. The lowest BCUT2D eigenvalue weighted by molar-refractivity contribution is -0.123. The summed E-state index contributed by atoms with van der Waals surface area (Å²) in [5.74, 6) is -0.232. The van der Waals surface area contributed by atoms with Crippen molar-refractivity contribution in [3.05, 3.63) is 0 Å². The fraction of sp³-hybridized carbons (Fsp3) is 0.875. The standard InChI is InChI=1S/C8H17N3O/c1-6-5-11(4-3-10-6)7(2)8(9)12/h6-7,10H,3-5H2,1-2H3,(H2,9,12)/t6-,7?/m0/s1. The van der Waals surface area contributed by atoms with Gasteiger partial charge in [-0.3, -0.25) is 9.69 Å². The minimum atomic E-state index is -0.232. The van der Waals surface area contributed by atoms with Gasteiger partial charge in [-0.2, -0.15) is 0 Å². The molecule has 12 heavy (non-hydrogen) atoms. The molecule has 1 amide bonds. The molecule has 4 nitrogen and oxygen atoms in total. The smallest absolute Gasteiger partial charge is 0.234 e. The first kappa shape index (κ1) is 9.48. The van der Waals surface area contributed by atoms with E-state index in [1.807, 2.05) is 6.92 Å². The molecule has 70 valence electrons. The molecule has 1 fully saturated rings. The van der Waals surface area contributed by atoms with Crippen LogP contribution in [0.2, 0.25) is 0 Å². The normalized spacial score (nSPS) is 28.3. The summed E-state index contributed by atoms with van der Waals surface area (Å²) in [6.07, 6.45) is 0. The molecule has 0 aromatic heterocycles. The third-order valence-corrected chi connectivity index (χ3v) is 2.36. The summed E-state index contributed by atoms with van der Waals surface area (Å²) in [7, 11) is 0. The zero-order chi connectivity index (χ0) is 9.14. The molecule has 0 aromatic carbocycles. The highest BCUT2D eigenvalue weighted by Gasteiger charge is 2.23. The summed E-state index contributed by atoms with van der Waals surface area (Å²) < 4.78 is 0. The maximum absolute atomic E-state index is 10.9. The number of piperazine rings is 1. The quantitative estimate of drug-likeness (QED) is 0.569. The van der Waals surface area contributed by atoms with Crippen LogP contribution in [0.1, 0.15) is 13.8 Å². The first-order chi connectivity index (χ1) is 5.61. The lowest BCUT2D eigenvalue weighted by atomic mass is 10.2. The van der Waals surface area contributed by atoms with E-state index in [1.54, 1.807) is 0 Å². The van der Waals surface area contributed by atoms with Crippen LogP contribution in [0, 0.1) is 0 Å². The Morgan fingerprint density at radius 2 is 2.42 bits per heavy atom. The van der Waals surface area contributed by atoms with Crippen LogP contribution in [0.3, 0.4) is 0 Å². The first-order valence-corrected chi connectivity index (χ1v) is 4.38. The minimum absolute atomic E-state index is 0.130. The van der Waals surface area contributed by atoms with Crippen molar-refractivity contribution in [1.82, 2.24) is 10.2 Å². The van der Waals surface area contributed by atoms with E-state index in [9.17, 15) is 4.79 Å². The monoisotopic (exact) mass is 171 g/mol. The highest BCUT2D eigenvalue weighted by atomic mass is 16.1. The number of nitrogens with two attached hydrogens (primary N) is 1. The molecule has 1 rings (SSSR count). The molecule has 0 radical (unpaired) electrons. The van der Waals surface area contributed by atoms with Crippen molar-refractivity contribution in [3.8, 4) is 0 Å². The predicted molar refractivity (Wildman–Crippen MR) is 47.7 cm³/mol. The highest BCUT2D eigenvalue weighted by Crippen LogP contribution is 2.03. The van der Waals surface area contributed by atoms with Crippen LogP contribution in [0.5, 0.6) is 0 Å². The average molecular weight is 171 g/mol. The summed E-state index contributed by atoms with van der Waals surface area (Å²) in [5.41, 5.74) is 5.21. The maximum Gasteiger partial charge on any atom is 0.234 e. The second kappa shape index (κ2) is 3.87. The van der Waals surface area contributed by atoms with Crippen LogP contribution in [0.15, 0.2) is 0 Å². The molecule has 0 aromatic rings. The van der Waals surface area contributed by atoms with Crippen LogP contribution in [0.25, 0.3) is 0 Å². The van der Waals surface area contributed by atoms with Gasteiger partial charge < -0.3 is 11.1 Å². The molecular weight excluding hydrogens is 154 g/mol. The Morgan fingerprint density at radius 3 is 2.92 bits per heavy atom. The molecule has 1 saturated heterocycles. The Kier molecular flexibility index (Phi) is 3.05. The lowest BCUT2D eigenvalue weighted by Crippen LogP contribution is -2.55. The fourth-order valence-corrected chi connectivity index (χ4v) is 1.49. The van der Waals surface area contributed by atoms with E-state index in [1.165, 1.54) is 0 Å². The highest BCUT2D eigenvalue weighted by molar-refractivity contribution is 5.79. The van der Waals surface area contributed by atoms with Gasteiger partial charge in [-0.05, 0) is 13.8 Å². The zero-order valence-electron chi connectivity index (χ0n) is 7.71. The van der Waals surface area contributed by atoms with Crippen LogP contribution in [-0.4, -0.2) is 42.5 Å². The topological polar surface area (TPSA) is 58.4 Å². The van der Waals surface area contributed by atoms with Gasteiger partial charge in [0.05, 0.1) is 6.04 Å². The number of hydrogen-bond donors (Lipinski definition) is 2. The Labute approximate surface area is 73.1 Å². The summed E-state index contributed by atoms with van der Waals surface area (Å²) in [4.78, 5) is 13.0. The zero-order valence-corrected chi connectivity index (χ0v) is 7.71. The second-order valence-corrected chi connectivity index (χ2v) is 3.43. The third kappa shape index (κ3) is 2.19. The number of primary amides is 1. The molecule has 0 saturated carbocycles. The molecule has 3 N–H and O–H groups in total. The molecule has 4 heteroatoms. The minimum Gasteiger partial charge on any atom is -0.368 e. The number of carbonyl (C=O) groups is 1. The van der Waals surface area contributed by atoms with Crippen LogP contribution in [0.4, 0.5) is 0 Å². The summed E-state index contributed by atoms with van der Waals surface area (Å²) in [5, 5.41) is 3.31. The number of carbonyl (C=O) groups excluding carboxylic acids is 1. The fourth-order valence-electron chi connectivity index (χ4n) is 1.49. The van der Waals surface area contributed by atoms with Gasteiger partial charge in [0.1, 0.15) is 0 Å². The van der Waals surface area contributed by atoms with Crippen molar-refractivity contribution in [2.24, 2.45) is 5.73 Å². The van der Waals surface area contributed by atoms with Crippen molar-refractivity contribution >= 4 is 5.91 Å². The number of hydrogen-bond acceptors (Lipinski definition) is 3. The molecule has 0 bridgehead atoms. The van der Waals surface area contributed by atoms with Crippen LogP contribution in [-0.2, 0) is 4.79 Å². The largest absolute Gasteiger partial charge is 0.368 e. The van der Waals surface area contributed by atoms with Gasteiger partial charge in [-0.15, -0.1) is 0 Å².